The van der Waals surface area contributed by atoms with E-state index < -0.39 is 11.7 Å². The molecule has 2 aromatic heterocycles. The lowest BCUT2D eigenvalue weighted by Crippen LogP contribution is -2.14. The summed E-state index contributed by atoms with van der Waals surface area (Å²) in [6, 6.07) is 12.2. The molecule has 0 bridgehead atoms. The van der Waals surface area contributed by atoms with Crippen LogP contribution in [0.4, 0.5) is 13.2 Å². The Labute approximate surface area is 140 Å². The van der Waals surface area contributed by atoms with Gasteiger partial charge < -0.3 is 0 Å². The fraction of sp³-hybridized carbons (Fsp3) is 0.176. The normalized spacial score (nSPS) is 11.8. The average Bonchev–Trinajstić information content (AvgIpc) is 2.54. The van der Waals surface area contributed by atoms with Gasteiger partial charge in [-0.1, -0.05) is 24.3 Å². The largest absolute Gasteiger partial charge is 0.416 e. The lowest BCUT2D eigenvalue weighted by atomic mass is 10.1. The van der Waals surface area contributed by atoms with E-state index in [0.29, 0.717) is 17.1 Å². The van der Waals surface area contributed by atoms with Gasteiger partial charge in [-0.25, -0.2) is 4.98 Å². The molecule has 124 valence electrons. The number of halogens is 3. The monoisotopic (exact) mass is 350 g/mol. The number of aromatic nitrogens is 2. The summed E-state index contributed by atoms with van der Waals surface area (Å²) in [5.74, 6) is 0.568. The molecule has 0 N–H and O–H groups in total. The van der Waals surface area contributed by atoms with Crippen LogP contribution in [0, 0.1) is 0 Å². The smallest absolute Gasteiger partial charge is 0.269 e. The Balaban J connectivity index is 1.75. The summed E-state index contributed by atoms with van der Waals surface area (Å²) in [5.41, 5.74) is 0.487. The standard InChI is InChI=1S/C17H13F3N2OS/c18-17(19,20)14-6-2-1-5-12(14)10-24-11-13-9-16(23)22-8-4-3-7-15(22)21-13/h1-9H,10-11H2. The summed E-state index contributed by atoms with van der Waals surface area (Å²) in [5, 5.41) is 0. The van der Waals surface area contributed by atoms with Crippen molar-refractivity contribution in [3.63, 3.8) is 0 Å². The number of benzene rings is 1. The van der Waals surface area contributed by atoms with Gasteiger partial charge >= 0.3 is 6.18 Å². The van der Waals surface area contributed by atoms with Crippen molar-refractivity contribution in [1.29, 1.82) is 0 Å². The fourth-order valence-corrected chi connectivity index (χ4v) is 3.30. The molecule has 0 radical (unpaired) electrons. The van der Waals surface area contributed by atoms with Crippen molar-refractivity contribution < 1.29 is 13.2 Å². The molecule has 0 unspecified atom stereocenters. The van der Waals surface area contributed by atoms with E-state index in [0.717, 1.165) is 6.07 Å². The molecule has 3 nitrogen and oxygen atoms in total. The highest BCUT2D eigenvalue weighted by molar-refractivity contribution is 7.97. The van der Waals surface area contributed by atoms with Crippen molar-refractivity contribution in [1.82, 2.24) is 9.38 Å². The average molecular weight is 350 g/mol. The Morgan fingerprint density at radius 3 is 2.58 bits per heavy atom. The van der Waals surface area contributed by atoms with Crippen LogP contribution in [0.1, 0.15) is 16.8 Å². The van der Waals surface area contributed by atoms with E-state index in [1.54, 1.807) is 30.5 Å². The molecule has 0 saturated heterocycles. The number of alkyl halides is 3. The zero-order valence-electron chi connectivity index (χ0n) is 12.5. The van der Waals surface area contributed by atoms with Gasteiger partial charge in [0.15, 0.2) is 0 Å². The van der Waals surface area contributed by atoms with Crippen LogP contribution >= 0.6 is 11.8 Å². The van der Waals surface area contributed by atoms with Gasteiger partial charge in [-0.15, -0.1) is 0 Å². The Bertz CT molecular complexity index is 921. The van der Waals surface area contributed by atoms with Gasteiger partial charge in [0.2, 0.25) is 0 Å². The minimum atomic E-state index is -4.36. The van der Waals surface area contributed by atoms with Crippen molar-refractivity contribution in [2.24, 2.45) is 0 Å². The summed E-state index contributed by atoms with van der Waals surface area (Å²) < 4.78 is 40.3. The molecule has 0 aliphatic heterocycles. The highest BCUT2D eigenvalue weighted by atomic mass is 32.2. The van der Waals surface area contributed by atoms with E-state index in [4.69, 9.17) is 0 Å². The molecule has 0 amide bonds. The van der Waals surface area contributed by atoms with Gasteiger partial charge in [-0.2, -0.15) is 24.9 Å². The summed E-state index contributed by atoms with van der Waals surface area (Å²) in [6.07, 6.45) is -2.74. The van der Waals surface area contributed by atoms with E-state index in [2.05, 4.69) is 4.98 Å². The molecule has 24 heavy (non-hydrogen) atoms. The van der Waals surface area contributed by atoms with E-state index in [-0.39, 0.29) is 16.9 Å². The Morgan fingerprint density at radius 2 is 1.79 bits per heavy atom. The summed E-state index contributed by atoms with van der Waals surface area (Å²) in [6.45, 7) is 0. The van der Waals surface area contributed by atoms with Crippen molar-refractivity contribution in [2.75, 3.05) is 0 Å². The molecule has 0 aliphatic rings. The lowest BCUT2D eigenvalue weighted by molar-refractivity contribution is -0.138. The number of rotatable bonds is 4. The highest BCUT2D eigenvalue weighted by Gasteiger charge is 2.32. The van der Waals surface area contributed by atoms with Crippen molar-refractivity contribution in [3.05, 3.63) is 81.9 Å². The maximum absolute atomic E-state index is 13.0. The molecule has 0 aliphatic carbocycles. The number of hydrogen-bond acceptors (Lipinski definition) is 3. The maximum atomic E-state index is 13.0. The zero-order valence-corrected chi connectivity index (χ0v) is 13.3. The fourth-order valence-electron chi connectivity index (χ4n) is 2.37. The molecule has 1 aromatic carbocycles. The van der Waals surface area contributed by atoms with Crippen molar-refractivity contribution in [2.45, 2.75) is 17.7 Å². The van der Waals surface area contributed by atoms with Crippen LogP contribution in [0.15, 0.2) is 59.5 Å². The predicted molar refractivity (Wildman–Crippen MR) is 87.9 cm³/mol. The summed E-state index contributed by atoms with van der Waals surface area (Å²) in [4.78, 5) is 16.3. The minimum absolute atomic E-state index is 0.200. The quantitative estimate of drug-likeness (QED) is 0.709. The van der Waals surface area contributed by atoms with Crippen LogP contribution in [0.25, 0.3) is 5.65 Å². The van der Waals surface area contributed by atoms with Crippen molar-refractivity contribution >= 4 is 17.4 Å². The van der Waals surface area contributed by atoms with Crippen LogP contribution in [-0.4, -0.2) is 9.38 Å². The first-order valence-corrected chi connectivity index (χ1v) is 8.31. The topological polar surface area (TPSA) is 34.4 Å². The second kappa shape index (κ2) is 6.68. The molecule has 0 saturated carbocycles. The Kier molecular flexibility index (Phi) is 4.62. The van der Waals surface area contributed by atoms with Gasteiger partial charge in [-0.05, 0) is 23.8 Å². The van der Waals surface area contributed by atoms with E-state index in [1.165, 1.54) is 34.4 Å². The van der Waals surface area contributed by atoms with Gasteiger partial charge in [0.1, 0.15) is 5.65 Å². The third-order valence-electron chi connectivity index (χ3n) is 3.45. The molecule has 2 heterocycles. The van der Waals surface area contributed by atoms with E-state index in [9.17, 15) is 18.0 Å². The van der Waals surface area contributed by atoms with Gasteiger partial charge in [-0.3, -0.25) is 9.20 Å². The first-order chi connectivity index (χ1) is 11.4. The summed E-state index contributed by atoms with van der Waals surface area (Å²) >= 11 is 1.30. The number of nitrogens with zero attached hydrogens (tertiary/aromatic N) is 2. The lowest BCUT2D eigenvalue weighted by Gasteiger charge is -2.12. The summed E-state index contributed by atoms with van der Waals surface area (Å²) in [7, 11) is 0. The van der Waals surface area contributed by atoms with E-state index >= 15 is 0 Å². The molecule has 0 fully saturated rings. The first-order valence-electron chi connectivity index (χ1n) is 7.15. The number of pyridine rings is 1. The third kappa shape index (κ3) is 3.62. The van der Waals surface area contributed by atoms with Crippen LogP contribution in [0.3, 0.4) is 0 Å². The molecule has 0 atom stereocenters. The molecule has 3 rings (SSSR count). The zero-order chi connectivity index (χ0) is 17.2. The Morgan fingerprint density at radius 1 is 1.04 bits per heavy atom. The van der Waals surface area contributed by atoms with Crippen LogP contribution < -0.4 is 5.56 Å². The minimum Gasteiger partial charge on any atom is -0.269 e. The highest BCUT2D eigenvalue weighted by Crippen LogP contribution is 2.33. The molecule has 0 spiro atoms. The van der Waals surface area contributed by atoms with Crippen LogP contribution in [0.2, 0.25) is 0 Å². The molecule has 3 aromatic rings. The Hall–Kier alpha value is -2.28. The van der Waals surface area contributed by atoms with Gasteiger partial charge in [0, 0.05) is 23.8 Å². The molecular formula is C17H13F3N2OS. The van der Waals surface area contributed by atoms with Crippen LogP contribution in [0.5, 0.6) is 0 Å². The van der Waals surface area contributed by atoms with Crippen molar-refractivity contribution in [3.8, 4) is 0 Å². The number of hydrogen-bond donors (Lipinski definition) is 0. The SMILES string of the molecule is O=c1cc(CSCc2ccccc2C(F)(F)F)nc2ccccn12. The second-order valence-electron chi connectivity index (χ2n) is 5.16. The molecule has 7 heteroatoms. The second-order valence-corrected chi connectivity index (χ2v) is 6.15. The third-order valence-corrected chi connectivity index (χ3v) is 4.47. The first kappa shape index (κ1) is 16.6. The van der Waals surface area contributed by atoms with Crippen LogP contribution in [-0.2, 0) is 17.7 Å². The predicted octanol–water partition coefficient (Wildman–Crippen LogP) is 4.15. The number of fused-ring (bicyclic) bond motifs is 1. The van der Waals surface area contributed by atoms with E-state index in [1.807, 2.05) is 0 Å². The maximum Gasteiger partial charge on any atom is 0.416 e. The van der Waals surface area contributed by atoms with Gasteiger partial charge in [0.05, 0.1) is 11.3 Å². The molecular weight excluding hydrogens is 337 g/mol. The number of thioether (sulfide) groups is 1. The van der Waals surface area contributed by atoms with Gasteiger partial charge in [0.25, 0.3) is 5.56 Å².